The van der Waals surface area contributed by atoms with Gasteiger partial charge in [0.15, 0.2) is 4.77 Å². The molecule has 0 aliphatic heterocycles. The zero-order valence-corrected chi connectivity index (χ0v) is 12.8. The average molecular weight is 293 g/mol. The number of nitrogens with one attached hydrogen (secondary N) is 1. The maximum atomic E-state index is 13.5. The third-order valence-electron chi connectivity index (χ3n) is 4.67. The topological polar surface area (TPSA) is 24.0 Å². The maximum absolute atomic E-state index is 13.5. The first-order chi connectivity index (χ1) is 9.52. The number of hydrogen-bond donors (Lipinski definition) is 1. The van der Waals surface area contributed by atoms with Crippen LogP contribution in [-0.4, -0.2) is 34.1 Å². The Morgan fingerprint density at radius 1 is 1.35 bits per heavy atom. The first-order valence-corrected chi connectivity index (χ1v) is 7.48. The van der Waals surface area contributed by atoms with Gasteiger partial charge in [0.05, 0.1) is 11.0 Å². The zero-order valence-electron chi connectivity index (χ0n) is 11.9. The molecule has 1 fully saturated rings. The van der Waals surface area contributed by atoms with Gasteiger partial charge < -0.3 is 14.5 Å². The zero-order chi connectivity index (χ0) is 14.3. The number of nitrogens with zero attached hydrogens (tertiary/aromatic N) is 2. The summed E-state index contributed by atoms with van der Waals surface area (Å²) in [4.78, 5) is 5.48. The van der Waals surface area contributed by atoms with Crippen LogP contribution in [0.2, 0.25) is 0 Å². The first-order valence-electron chi connectivity index (χ1n) is 7.07. The molecule has 1 heterocycles. The van der Waals surface area contributed by atoms with E-state index in [1.54, 1.807) is 12.1 Å². The predicted molar refractivity (Wildman–Crippen MR) is 82.0 cm³/mol. The highest BCUT2D eigenvalue weighted by Crippen LogP contribution is 2.36. The van der Waals surface area contributed by atoms with Gasteiger partial charge in [-0.1, -0.05) is 12.8 Å². The molecule has 2 aromatic rings. The van der Waals surface area contributed by atoms with Crippen molar-refractivity contribution in [3.05, 3.63) is 28.8 Å². The Kier molecular flexibility index (Phi) is 3.42. The van der Waals surface area contributed by atoms with Crippen molar-refractivity contribution in [2.75, 3.05) is 14.1 Å². The van der Waals surface area contributed by atoms with Gasteiger partial charge in [-0.05, 0) is 57.4 Å². The van der Waals surface area contributed by atoms with E-state index in [0.29, 0.717) is 4.77 Å². The summed E-state index contributed by atoms with van der Waals surface area (Å²) in [7, 11) is 4.26. The molecule has 1 aromatic carbocycles. The van der Waals surface area contributed by atoms with Crippen LogP contribution in [0.5, 0.6) is 0 Å². The quantitative estimate of drug-likeness (QED) is 0.872. The van der Waals surface area contributed by atoms with Gasteiger partial charge in [-0.15, -0.1) is 0 Å². The van der Waals surface area contributed by atoms with E-state index in [0.717, 1.165) is 17.6 Å². The molecule has 0 atom stereocenters. The highest BCUT2D eigenvalue weighted by molar-refractivity contribution is 7.71. The number of benzene rings is 1. The van der Waals surface area contributed by atoms with Crippen molar-refractivity contribution in [2.24, 2.45) is 0 Å². The van der Waals surface area contributed by atoms with Gasteiger partial charge in [0.2, 0.25) is 0 Å². The van der Waals surface area contributed by atoms with E-state index in [1.165, 1.54) is 31.7 Å². The first kappa shape index (κ1) is 13.8. The molecule has 0 saturated heterocycles. The van der Waals surface area contributed by atoms with Crippen LogP contribution in [0.4, 0.5) is 4.39 Å². The standard InChI is InChI=1S/C15H20FN3S/c1-18(2)15(7-3-4-8-15)10-19-13-9-11(16)5-6-12(13)17-14(19)20/h5-6,9H,3-4,7-8,10H2,1-2H3,(H,17,20). The lowest BCUT2D eigenvalue weighted by molar-refractivity contribution is 0.135. The summed E-state index contributed by atoms with van der Waals surface area (Å²) in [5, 5.41) is 0. The maximum Gasteiger partial charge on any atom is 0.178 e. The van der Waals surface area contributed by atoms with Crippen LogP contribution < -0.4 is 0 Å². The molecule has 0 unspecified atom stereocenters. The van der Waals surface area contributed by atoms with Crippen molar-refractivity contribution in [3.8, 4) is 0 Å². The van der Waals surface area contributed by atoms with Crippen LogP contribution in [0.15, 0.2) is 18.2 Å². The van der Waals surface area contributed by atoms with Gasteiger partial charge in [0, 0.05) is 12.1 Å². The largest absolute Gasteiger partial charge is 0.331 e. The molecule has 1 aliphatic rings. The molecule has 5 heteroatoms. The Morgan fingerprint density at radius 2 is 2.05 bits per heavy atom. The van der Waals surface area contributed by atoms with E-state index < -0.39 is 0 Å². The molecule has 3 rings (SSSR count). The van der Waals surface area contributed by atoms with E-state index in [-0.39, 0.29) is 11.4 Å². The second-order valence-electron chi connectivity index (χ2n) is 6.00. The smallest absolute Gasteiger partial charge is 0.178 e. The highest BCUT2D eigenvalue weighted by atomic mass is 32.1. The molecular weight excluding hydrogens is 273 g/mol. The second-order valence-corrected chi connectivity index (χ2v) is 6.39. The molecular formula is C15H20FN3S. The monoisotopic (exact) mass is 293 g/mol. The van der Waals surface area contributed by atoms with Crippen molar-refractivity contribution >= 4 is 23.3 Å². The van der Waals surface area contributed by atoms with Gasteiger partial charge in [-0.2, -0.15) is 0 Å². The molecule has 20 heavy (non-hydrogen) atoms. The molecule has 1 N–H and O–H groups in total. The Balaban J connectivity index is 2.08. The minimum Gasteiger partial charge on any atom is -0.331 e. The number of imidazole rings is 1. The Labute approximate surface area is 123 Å². The normalized spacial score (nSPS) is 18.2. The molecule has 0 bridgehead atoms. The minimum absolute atomic E-state index is 0.139. The van der Waals surface area contributed by atoms with Gasteiger partial charge in [0.1, 0.15) is 5.82 Å². The molecule has 108 valence electrons. The summed E-state index contributed by atoms with van der Waals surface area (Å²) in [6.07, 6.45) is 4.85. The third kappa shape index (κ3) is 2.19. The average Bonchev–Trinajstić information content (AvgIpc) is 2.98. The Morgan fingerprint density at radius 3 is 2.70 bits per heavy atom. The number of aromatic amines is 1. The van der Waals surface area contributed by atoms with E-state index >= 15 is 0 Å². The molecule has 0 spiro atoms. The lowest BCUT2D eigenvalue weighted by Gasteiger charge is -2.36. The summed E-state index contributed by atoms with van der Waals surface area (Å²) in [6.45, 7) is 0.822. The molecule has 0 amide bonds. The van der Waals surface area contributed by atoms with Crippen molar-refractivity contribution in [1.29, 1.82) is 0 Å². The fraction of sp³-hybridized carbons (Fsp3) is 0.533. The summed E-state index contributed by atoms with van der Waals surface area (Å²) in [5.41, 5.74) is 1.91. The number of rotatable bonds is 3. The van der Waals surface area contributed by atoms with Crippen LogP contribution >= 0.6 is 12.2 Å². The lowest BCUT2D eigenvalue weighted by atomic mass is 9.96. The summed E-state index contributed by atoms with van der Waals surface area (Å²) in [6, 6.07) is 4.79. The molecule has 3 nitrogen and oxygen atoms in total. The fourth-order valence-corrected chi connectivity index (χ4v) is 3.63. The van der Waals surface area contributed by atoms with E-state index in [4.69, 9.17) is 12.2 Å². The second kappa shape index (κ2) is 4.97. The van der Waals surface area contributed by atoms with Crippen LogP contribution in [0, 0.1) is 10.6 Å². The molecule has 0 radical (unpaired) electrons. The third-order valence-corrected chi connectivity index (χ3v) is 5.00. The number of likely N-dealkylation sites (N-methyl/N-ethyl adjacent to an activating group) is 1. The van der Waals surface area contributed by atoms with Crippen molar-refractivity contribution < 1.29 is 4.39 Å². The van der Waals surface area contributed by atoms with Gasteiger partial charge >= 0.3 is 0 Å². The van der Waals surface area contributed by atoms with Crippen molar-refractivity contribution in [1.82, 2.24) is 14.5 Å². The predicted octanol–water partition coefficient (Wildman–Crippen LogP) is 3.71. The van der Waals surface area contributed by atoms with E-state index in [2.05, 4.69) is 28.5 Å². The summed E-state index contributed by atoms with van der Waals surface area (Å²) in [5.74, 6) is -0.217. The van der Waals surface area contributed by atoms with Crippen molar-refractivity contribution in [3.63, 3.8) is 0 Å². The van der Waals surface area contributed by atoms with Crippen LogP contribution in [0.1, 0.15) is 25.7 Å². The number of fused-ring (bicyclic) bond motifs is 1. The summed E-state index contributed by atoms with van der Waals surface area (Å²) >= 11 is 5.43. The van der Waals surface area contributed by atoms with Crippen LogP contribution in [0.25, 0.3) is 11.0 Å². The SMILES string of the molecule is CN(C)C1(Cn2c(=S)[nH]c3ccc(F)cc32)CCCC1. The van der Waals surface area contributed by atoms with E-state index in [1.807, 2.05) is 0 Å². The lowest BCUT2D eigenvalue weighted by Crippen LogP contribution is -2.45. The number of aromatic nitrogens is 2. The number of H-pyrrole nitrogens is 1. The summed E-state index contributed by atoms with van der Waals surface area (Å²) < 4.78 is 16.3. The van der Waals surface area contributed by atoms with Gasteiger partial charge in [-0.3, -0.25) is 0 Å². The van der Waals surface area contributed by atoms with Crippen molar-refractivity contribution in [2.45, 2.75) is 37.8 Å². The van der Waals surface area contributed by atoms with E-state index in [9.17, 15) is 4.39 Å². The molecule has 1 saturated carbocycles. The van der Waals surface area contributed by atoms with Gasteiger partial charge in [0.25, 0.3) is 0 Å². The van der Waals surface area contributed by atoms with Gasteiger partial charge in [-0.25, -0.2) is 4.39 Å². The fourth-order valence-electron chi connectivity index (χ4n) is 3.36. The van der Waals surface area contributed by atoms with Crippen LogP contribution in [0.3, 0.4) is 0 Å². The Bertz CT molecular complexity index is 680. The molecule has 1 aromatic heterocycles. The highest BCUT2D eigenvalue weighted by Gasteiger charge is 2.36. The number of hydrogen-bond acceptors (Lipinski definition) is 2. The number of halogens is 1. The Hall–Kier alpha value is -1.20. The minimum atomic E-state index is -0.217. The van der Waals surface area contributed by atoms with Crippen LogP contribution in [-0.2, 0) is 6.54 Å². The molecule has 1 aliphatic carbocycles.